The minimum absolute atomic E-state index is 0.643. The number of rotatable bonds is 1. The lowest BCUT2D eigenvalue weighted by molar-refractivity contribution is 0.161. The maximum Gasteiger partial charge on any atom is 0.137 e. The van der Waals surface area contributed by atoms with E-state index in [0.29, 0.717) is 11.8 Å². The molecule has 0 spiro atoms. The van der Waals surface area contributed by atoms with Crippen molar-refractivity contribution in [2.24, 2.45) is 0 Å². The molecule has 0 aliphatic carbocycles. The van der Waals surface area contributed by atoms with E-state index in [1.54, 1.807) is 6.20 Å². The van der Waals surface area contributed by atoms with Crippen molar-refractivity contribution < 1.29 is 4.74 Å². The number of pyridine rings is 1. The van der Waals surface area contributed by atoms with E-state index in [9.17, 15) is 0 Å². The van der Waals surface area contributed by atoms with Crippen LogP contribution in [0.2, 0.25) is 5.15 Å². The minimum atomic E-state index is 0.643. The van der Waals surface area contributed by atoms with Gasteiger partial charge in [-0.15, -0.1) is 0 Å². The van der Waals surface area contributed by atoms with Gasteiger partial charge >= 0.3 is 0 Å². The number of hydrogen-bond donors (Lipinski definition) is 0. The Balaban J connectivity index is 2.10. The van der Waals surface area contributed by atoms with Gasteiger partial charge in [-0.25, -0.2) is 4.98 Å². The Hall–Kier alpha value is -1.32. The van der Waals surface area contributed by atoms with Crippen molar-refractivity contribution >= 4 is 22.8 Å². The number of aromatic nitrogens is 2. The Morgan fingerprint density at radius 2 is 2.31 bits per heavy atom. The predicted octanol–water partition coefficient (Wildman–Crippen LogP) is 2.79. The smallest absolute Gasteiger partial charge is 0.137 e. The first kappa shape index (κ1) is 9.87. The number of nitrogens with zero attached hydrogens (tertiary/aromatic N) is 2. The van der Waals surface area contributed by atoms with Crippen LogP contribution in [0.1, 0.15) is 12.0 Å². The fraction of sp³-hybridized carbons (Fsp3) is 0.250. The van der Waals surface area contributed by atoms with Gasteiger partial charge < -0.3 is 4.74 Å². The van der Waals surface area contributed by atoms with Gasteiger partial charge in [0.05, 0.1) is 19.4 Å². The quantitative estimate of drug-likeness (QED) is 0.759. The Labute approximate surface area is 98.3 Å². The van der Waals surface area contributed by atoms with E-state index in [-0.39, 0.29) is 0 Å². The van der Waals surface area contributed by atoms with E-state index >= 15 is 0 Å². The number of hydrogen-bond acceptors (Lipinski definition) is 2. The van der Waals surface area contributed by atoms with Gasteiger partial charge in [-0.1, -0.05) is 17.7 Å². The average molecular weight is 235 g/mol. The van der Waals surface area contributed by atoms with Crippen molar-refractivity contribution in [1.29, 1.82) is 0 Å². The summed E-state index contributed by atoms with van der Waals surface area (Å²) >= 11 is 6.04. The van der Waals surface area contributed by atoms with Crippen molar-refractivity contribution in [1.82, 2.24) is 9.38 Å². The van der Waals surface area contributed by atoms with Crippen molar-refractivity contribution in [2.75, 3.05) is 13.2 Å². The third-order valence-corrected chi connectivity index (χ3v) is 3.07. The van der Waals surface area contributed by atoms with Gasteiger partial charge in [0.2, 0.25) is 0 Å². The highest BCUT2D eigenvalue weighted by atomic mass is 35.5. The molecule has 1 aliphatic rings. The fourth-order valence-corrected chi connectivity index (χ4v) is 2.11. The number of halogens is 1. The van der Waals surface area contributed by atoms with E-state index in [0.717, 1.165) is 18.7 Å². The van der Waals surface area contributed by atoms with Gasteiger partial charge in [-0.3, -0.25) is 4.40 Å². The second kappa shape index (κ2) is 3.92. The highest BCUT2D eigenvalue weighted by Gasteiger charge is 2.08. The van der Waals surface area contributed by atoms with E-state index in [1.807, 2.05) is 16.7 Å². The van der Waals surface area contributed by atoms with Gasteiger partial charge in [0.1, 0.15) is 10.8 Å². The summed E-state index contributed by atoms with van der Waals surface area (Å²) in [5.74, 6) is 0. The van der Waals surface area contributed by atoms with Crippen LogP contribution in [0.15, 0.2) is 30.6 Å². The molecule has 3 heterocycles. The van der Waals surface area contributed by atoms with Crippen molar-refractivity contribution in [3.05, 3.63) is 41.3 Å². The molecule has 2 aromatic heterocycles. The molecule has 0 aromatic carbocycles. The van der Waals surface area contributed by atoms with E-state index in [2.05, 4.69) is 17.1 Å². The van der Waals surface area contributed by atoms with Gasteiger partial charge in [-0.05, 0) is 29.7 Å². The predicted molar refractivity (Wildman–Crippen MR) is 63.6 cm³/mol. The molecule has 4 heteroatoms. The summed E-state index contributed by atoms with van der Waals surface area (Å²) in [5.41, 5.74) is 3.38. The standard InChI is InChI=1S/C12H11ClN2O/c13-11-7-14-12-2-1-10(8-15(11)12)9-3-5-16-6-4-9/h1-3,7-8H,4-6H2. The molecule has 3 rings (SSSR count). The zero-order valence-corrected chi connectivity index (χ0v) is 9.44. The van der Waals surface area contributed by atoms with Crippen LogP contribution in [-0.4, -0.2) is 22.6 Å². The molecule has 0 N–H and O–H groups in total. The molecule has 0 atom stereocenters. The maximum absolute atomic E-state index is 6.04. The number of imidazole rings is 1. The Morgan fingerprint density at radius 3 is 3.12 bits per heavy atom. The first-order chi connectivity index (χ1) is 7.84. The fourth-order valence-electron chi connectivity index (χ4n) is 1.93. The SMILES string of the molecule is Clc1cnc2ccc(C3=CCOCC3)cn12. The summed E-state index contributed by atoms with van der Waals surface area (Å²) in [5, 5.41) is 0.643. The molecule has 16 heavy (non-hydrogen) atoms. The van der Waals surface area contributed by atoms with Crippen LogP contribution in [-0.2, 0) is 4.74 Å². The summed E-state index contributed by atoms with van der Waals surface area (Å²) in [6.45, 7) is 1.49. The van der Waals surface area contributed by atoms with Gasteiger partial charge in [0.15, 0.2) is 0 Å². The van der Waals surface area contributed by atoms with Crippen LogP contribution < -0.4 is 0 Å². The molecule has 0 fully saturated rings. The monoisotopic (exact) mass is 234 g/mol. The first-order valence-corrected chi connectivity index (χ1v) is 5.62. The van der Waals surface area contributed by atoms with Crippen LogP contribution in [0, 0.1) is 0 Å². The van der Waals surface area contributed by atoms with Gasteiger partial charge in [0, 0.05) is 6.20 Å². The van der Waals surface area contributed by atoms with Crippen molar-refractivity contribution in [3.63, 3.8) is 0 Å². The topological polar surface area (TPSA) is 26.5 Å². The zero-order valence-electron chi connectivity index (χ0n) is 8.69. The second-order valence-corrected chi connectivity index (χ2v) is 4.17. The van der Waals surface area contributed by atoms with Crippen LogP contribution >= 0.6 is 11.6 Å². The van der Waals surface area contributed by atoms with Crippen molar-refractivity contribution in [3.8, 4) is 0 Å². The minimum Gasteiger partial charge on any atom is -0.377 e. The van der Waals surface area contributed by atoms with Crippen LogP contribution in [0.3, 0.4) is 0 Å². The van der Waals surface area contributed by atoms with E-state index < -0.39 is 0 Å². The summed E-state index contributed by atoms with van der Waals surface area (Å²) in [7, 11) is 0. The zero-order chi connectivity index (χ0) is 11.0. The van der Waals surface area contributed by atoms with Crippen molar-refractivity contribution in [2.45, 2.75) is 6.42 Å². The number of ether oxygens (including phenoxy) is 1. The van der Waals surface area contributed by atoms with Crippen LogP contribution in [0.4, 0.5) is 0 Å². The molecule has 3 nitrogen and oxygen atoms in total. The molecule has 82 valence electrons. The molecule has 0 unspecified atom stereocenters. The third-order valence-electron chi connectivity index (χ3n) is 2.79. The molecular formula is C12H11ClN2O. The lowest BCUT2D eigenvalue weighted by atomic mass is 10.0. The molecule has 1 aliphatic heterocycles. The molecule has 0 radical (unpaired) electrons. The normalized spacial score (nSPS) is 16.4. The molecular weight excluding hydrogens is 224 g/mol. The molecule has 0 amide bonds. The summed E-state index contributed by atoms with van der Waals surface area (Å²) in [6.07, 6.45) is 6.77. The van der Waals surface area contributed by atoms with Gasteiger partial charge in [0.25, 0.3) is 0 Å². The number of fused-ring (bicyclic) bond motifs is 1. The molecule has 0 saturated carbocycles. The Morgan fingerprint density at radius 1 is 1.38 bits per heavy atom. The average Bonchev–Trinajstić information content (AvgIpc) is 2.72. The largest absolute Gasteiger partial charge is 0.377 e. The molecule has 2 aromatic rings. The highest BCUT2D eigenvalue weighted by molar-refractivity contribution is 6.29. The lowest BCUT2D eigenvalue weighted by Gasteiger charge is -2.13. The lowest BCUT2D eigenvalue weighted by Crippen LogP contribution is -2.04. The second-order valence-electron chi connectivity index (χ2n) is 3.78. The highest BCUT2D eigenvalue weighted by Crippen LogP contribution is 2.23. The summed E-state index contributed by atoms with van der Waals surface area (Å²) in [4.78, 5) is 4.19. The Kier molecular flexibility index (Phi) is 2.42. The van der Waals surface area contributed by atoms with Crippen LogP contribution in [0.5, 0.6) is 0 Å². The third kappa shape index (κ3) is 1.62. The maximum atomic E-state index is 6.04. The van der Waals surface area contributed by atoms with Crippen LogP contribution in [0.25, 0.3) is 11.2 Å². The molecule has 0 bridgehead atoms. The molecule has 0 saturated heterocycles. The first-order valence-electron chi connectivity index (χ1n) is 5.24. The van der Waals surface area contributed by atoms with E-state index in [4.69, 9.17) is 16.3 Å². The van der Waals surface area contributed by atoms with Gasteiger partial charge in [-0.2, -0.15) is 0 Å². The Bertz CT molecular complexity index is 559. The van der Waals surface area contributed by atoms with E-state index in [1.165, 1.54) is 11.1 Å². The summed E-state index contributed by atoms with van der Waals surface area (Å²) < 4.78 is 7.19. The summed E-state index contributed by atoms with van der Waals surface area (Å²) in [6, 6.07) is 4.06.